The van der Waals surface area contributed by atoms with Gasteiger partial charge in [0, 0.05) is 0 Å². The van der Waals surface area contributed by atoms with E-state index in [4.69, 9.17) is 7.38 Å². The summed E-state index contributed by atoms with van der Waals surface area (Å²) < 4.78 is 33.5. The number of hydrogen-bond acceptors (Lipinski definition) is 4. The van der Waals surface area contributed by atoms with Gasteiger partial charge in [0.15, 0.2) is 0 Å². The monoisotopic (exact) mass is 392 g/mol. The number of para-hydroxylation sites is 1. The maximum absolute atomic E-state index is 12.2. The van der Waals surface area contributed by atoms with Crippen molar-refractivity contribution < 1.29 is 15.4 Å². The molecule has 4 nitrogen and oxygen atoms in total. The molecule has 0 saturated heterocycles. The first-order valence-electron chi connectivity index (χ1n) is 5.53. The van der Waals surface area contributed by atoms with Gasteiger partial charge in [-0.15, -0.1) is 0 Å². The van der Waals surface area contributed by atoms with Crippen molar-refractivity contribution in [2.75, 3.05) is 6.66 Å². The summed E-state index contributed by atoms with van der Waals surface area (Å²) in [5.41, 5.74) is 0. The molecule has 1 unspecified atom stereocenters. The Balaban J connectivity index is 2.03. The molecule has 0 aliphatic heterocycles. The van der Waals surface area contributed by atoms with Crippen LogP contribution in [0.1, 0.15) is 0 Å². The van der Waals surface area contributed by atoms with Crippen LogP contribution in [0.4, 0.5) is 0 Å². The molecule has 0 heterocycles. The zero-order valence-electron chi connectivity index (χ0n) is 10.3. The summed E-state index contributed by atoms with van der Waals surface area (Å²) >= 11 is -2.90. The summed E-state index contributed by atoms with van der Waals surface area (Å²) in [7, 11) is -3.32. The molecule has 0 amide bonds. The number of halogens is 1. The molecule has 2 rings (SSSR count). The molecule has 0 radical (unpaired) electrons. The summed E-state index contributed by atoms with van der Waals surface area (Å²) in [6.07, 6.45) is 0. The number of rotatable bonds is 5. The Bertz CT molecular complexity index is 561. The first-order chi connectivity index (χ1) is 9.07. The molecular formula is C13H14IO4P. The fourth-order valence-corrected chi connectivity index (χ4v) is 6.21. The van der Waals surface area contributed by atoms with E-state index in [0.717, 1.165) is 0 Å². The second kappa shape index (κ2) is 6.52. The van der Waals surface area contributed by atoms with Gasteiger partial charge in [0.2, 0.25) is 0 Å². The first-order valence-corrected chi connectivity index (χ1v) is 10.4. The van der Waals surface area contributed by atoms with Crippen molar-refractivity contribution in [2.24, 2.45) is 0 Å². The number of benzene rings is 2. The maximum atomic E-state index is 12.2. The average Bonchev–Trinajstić information content (AvgIpc) is 2.39. The normalized spacial score (nSPS) is 14.5. The van der Waals surface area contributed by atoms with E-state index in [0.29, 0.717) is 9.32 Å². The molecule has 1 N–H and O–H groups in total. The van der Waals surface area contributed by atoms with Crippen LogP contribution in [0.2, 0.25) is 0 Å². The van der Waals surface area contributed by atoms with Gasteiger partial charge in [-0.3, -0.25) is 0 Å². The Labute approximate surface area is 120 Å². The Morgan fingerprint density at radius 2 is 1.53 bits per heavy atom. The third-order valence-corrected chi connectivity index (χ3v) is 8.10. The van der Waals surface area contributed by atoms with Gasteiger partial charge in [-0.2, -0.15) is 0 Å². The summed E-state index contributed by atoms with van der Waals surface area (Å²) in [5.74, 6) is 0.464. The van der Waals surface area contributed by atoms with Crippen molar-refractivity contribution in [2.45, 2.75) is 0 Å². The van der Waals surface area contributed by atoms with Crippen LogP contribution < -0.4 is 4.52 Å². The van der Waals surface area contributed by atoms with E-state index in [2.05, 4.69) is 0 Å². The van der Waals surface area contributed by atoms with Crippen LogP contribution in [0.25, 0.3) is 0 Å². The quantitative estimate of drug-likeness (QED) is 0.615. The van der Waals surface area contributed by atoms with E-state index < -0.39 is 28.2 Å². The Hall–Kier alpha value is -0.880. The van der Waals surface area contributed by atoms with Gasteiger partial charge < -0.3 is 0 Å². The Morgan fingerprint density at radius 1 is 1.00 bits per heavy atom. The molecule has 0 bridgehead atoms. The zero-order chi connectivity index (χ0) is 13.7. The van der Waals surface area contributed by atoms with Gasteiger partial charge in [0.25, 0.3) is 0 Å². The van der Waals surface area contributed by atoms with Gasteiger partial charge in [-0.1, -0.05) is 0 Å². The van der Waals surface area contributed by atoms with Crippen molar-refractivity contribution >= 4 is 28.2 Å². The minimum absolute atomic E-state index is 0.464. The van der Waals surface area contributed by atoms with E-state index in [-0.39, 0.29) is 0 Å². The predicted molar refractivity (Wildman–Crippen MR) is 83.1 cm³/mol. The molecule has 102 valence electrons. The molecule has 0 aliphatic rings. The van der Waals surface area contributed by atoms with E-state index >= 15 is 0 Å². The molecule has 0 aliphatic carbocycles. The molecule has 19 heavy (non-hydrogen) atoms. The van der Waals surface area contributed by atoms with Crippen LogP contribution in [0.15, 0.2) is 60.7 Å². The third kappa shape index (κ3) is 4.62. The van der Waals surface area contributed by atoms with Crippen LogP contribution in [0.3, 0.4) is 0 Å². The predicted octanol–water partition coefficient (Wildman–Crippen LogP) is 4.10. The van der Waals surface area contributed by atoms with Crippen molar-refractivity contribution in [1.29, 1.82) is 0 Å². The second-order valence-corrected chi connectivity index (χ2v) is 9.38. The molecule has 0 saturated carbocycles. The fourth-order valence-electron chi connectivity index (χ4n) is 1.37. The van der Waals surface area contributed by atoms with Crippen LogP contribution in [0, 0.1) is 3.57 Å². The van der Waals surface area contributed by atoms with Gasteiger partial charge >= 0.3 is 120 Å². The fraction of sp³-hybridized carbons (Fsp3) is 0.0769. The van der Waals surface area contributed by atoms with E-state index in [1.807, 2.05) is 12.1 Å². The SMILES string of the molecule is CP(=O)(Oc1ccccc1)OI(O)c1ccccc1. The second-order valence-electron chi connectivity index (χ2n) is 3.77. The van der Waals surface area contributed by atoms with Crippen LogP contribution in [-0.4, -0.2) is 10.1 Å². The summed E-state index contributed by atoms with van der Waals surface area (Å²) in [6.45, 7) is 1.36. The molecule has 2 aromatic rings. The van der Waals surface area contributed by atoms with Crippen molar-refractivity contribution in [1.82, 2.24) is 0 Å². The van der Waals surface area contributed by atoms with Crippen molar-refractivity contribution in [3.05, 3.63) is 64.2 Å². The minimum atomic E-state index is -3.32. The molecular weight excluding hydrogens is 378 g/mol. The van der Waals surface area contributed by atoms with Crippen LogP contribution in [0.5, 0.6) is 5.75 Å². The third-order valence-electron chi connectivity index (χ3n) is 2.12. The average molecular weight is 392 g/mol. The Kier molecular flexibility index (Phi) is 4.99. The van der Waals surface area contributed by atoms with Crippen molar-refractivity contribution in [3.8, 4) is 5.75 Å². The van der Waals surface area contributed by atoms with E-state index in [9.17, 15) is 8.00 Å². The standard InChI is InChI=1S/C13H14IO4P/c1-19(16,17-13-10-6-3-7-11-13)18-14(15)12-8-4-2-5-9-12/h2-11,15H,1H3. The van der Waals surface area contributed by atoms with E-state index in [1.165, 1.54) is 6.66 Å². The molecule has 6 heteroatoms. The molecule has 2 aromatic carbocycles. The van der Waals surface area contributed by atoms with Gasteiger partial charge in [-0.25, -0.2) is 0 Å². The Morgan fingerprint density at radius 3 is 2.11 bits per heavy atom. The van der Waals surface area contributed by atoms with Gasteiger partial charge in [-0.05, 0) is 0 Å². The summed E-state index contributed by atoms with van der Waals surface area (Å²) in [6, 6.07) is 17.7. The van der Waals surface area contributed by atoms with Crippen LogP contribution in [-0.2, 0) is 7.42 Å². The van der Waals surface area contributed by atoms with Crippen LogP contribution >= 0.6 is 28.2 Å². The van der Waals surface area contributed by atoms with Gasteiger partial charge in [0.1, 0.15) is 0 Å². The first kappa shape index (κ1) is 14.5. The van der Waals surface area contributed by atoms with Crippen molar-refractivity contribution in [3.63, 3.8) is 0 Å². The molecule has 1 atom stereocenters. The molecule has 0 aromatic heterocycles. The molecule has 0 fully saturated rings. The summed E-state index contributed by atoms with van der Waals surface area (Å²) in [4.78, 5) is 0. The molecule has 0 spiro atoms. The van der Waals surface area contributed by atoms with Gasteiger partial charge in [0.05, 0.1) is 0 Å². The topological polar surface area (TPSA) is 55.8 Å². The summed E-state index contributed by atoms with van der Waals surface area (Å²) in [5, 5.41) is 0. The number of hydrogen-bond donors (Lipinski definition) is 1. The van der Waals surface area contributed by atoms with E-state index in [1.54, 1.807) is 48.5 Å². The zero-order valence-corrected chi connectivity index (χ0v) is 13.3.